The number of aromatic nitrogens is 1. The zero-order valence-corrected chi connectivity index (χ0v) is 19.9. The molecular weight excluding hydrogens is 470 g/mol. The van der Waals surface area contributed by atoms with E-state index in [2.05, 4.69) is 15.2 Å². The fourth-order valence-electron chi connectivity index (χ4n) is 5.14. The summed E-state index contributed by atoms with van der Waals surface area (Å²) in [7, 11) is 0. The van der Waals surface area contributed by atoms with Gasteiger partial charge in [0, 0.05) is 35.8 Å². The van der Waals surface area contributed by atoms with Crippen LogP contribution < -0.4 is 5.32 Å². The SMILES string of the molecule is O=C1N[C@@](c2ccccn2)(C2CCN(Cc3ccc(F)cc3F)CC2)C(=O)N1CCc1cccs1. The molecule has 0 aliphatic carbocycles. The van der Waals surface area contributed by atoms with Gasteiger partial charge in [-0.15, -0.1) is 11.3 Å². The van der Waals surface area contributed by atoms with Crippen molar-refractivity contribution >= 4 is 23.3 Å². The van der Waals surface area contributed by atoms with Crippen LogP contribution in [0.1, 0.15) is 29.0 Å². The standard InChI is InChI=1S/C26H26F2N4O2S/c27-20-7-6-18(22(28)16-20)17-31-12-8-19(9-13-31)26(23-5-1-2-11-29-23)24(33)32(25(34)30-26)14-10-21-4-3-15-35-21/h1-7,11,15-16,19H,8-10,12-14,17H2,(H,30,34)/t26-/m1/s1. The smallest absolute Gasteiger partial charge is 0.318 e. The fourth-order valence-corrected chi connectivity index (χ4v) is 5.84. The van der Waals surface area contributed by atoms with E-state index in [9.17, 15) is 18.4 Å². The van der Waals surface area contributed by atoms with Gasteiger partial charge in [-0.05, 0) is 67.9 Å². The van der Waals surface area contributed by atoms with Gasteiger partial charge >= 0.3 is 6.03 Å². The van der Waals surface area contributed by atoms with E-state index < -0.39 is 23.2 Å². The predicted octanol–water partition coefficient (Wildman–Crippen LogP) is 4.32. The van der Waals surface area contributed by atoms with Crippen LogP contribution >= 0.6 is 11.3 Å². The Bertz CT molecular complexity index is 1200. The molecule has 0 spiro atoms. The Kier molecular flexibility index (Phi) is 6.62. The summed E-state index contributed by atoms with van der Waals surface area (Å²) in [4.78, 5) is 35.9. The average molecular weight is 497 g/mol. The molecule has 182 valence electrons. The number of urea groups is 1. The van der Waals surface area contributed by atoms with Crippen molar-refractivity contribution in [1.29, 1.82) is 0 Å². The lowest BCUT2D eigenvalue weighted by Gasteiger charge is -2.40. The van der Waals surface area contributed by atoms with Crippen LogP contribution in [0.25, 0.3) is 0 Å². The van der Waals surface area contributed by atoms with Gasteiger partial charge in [-0.1, -0.05) is 18.2 Å². The Morgan fingerprint density at radius 2 is 1.91 bits per heavy atom. The van der Waals surface area contributed by atoms with Crippen molar-refractivity contribution in [2.24, 2.45) is 5.92 Å². The number of piperidine rings is 1. The lowest BCUT2D eigenvalue weighted by Crippen LogP contribution is -2.54. The third kappa shape index (κ3) is 4.58. The number of likely N-dealkylation sites (tertiary alicyclic amines) is 1. The monoisotopic (exact) mass is 496 g/mol. The van der Waals surface area contributed by atoms with Gasteiger partial charge in [0.25, 0.3) is 5.91 Å². The van der Waals surface area contributed by atoms with E-state index in [1.54, 1.807) is 29.7 Å². The summed E-state index contributed by atoms with van der Waals surface area (Å²) >= 11 is 1.60. The molecule has 1 N–H and O–H groups in total. The first-order valence-corrected chi connectivity index (χ1v) is 12.6. The van der Waals surface area contributed by atoms with Crippen LogP contribution in [-0.2, 0) is 23.3 Å². The zero-order valence-electron chi connectivity index (χ0n) is 19.1. The molecule has 2 aliphatic heterocycles. The molecular formula is C26H26F2N4O2S. The van der Waals surface area contributed by atoms with Crippen LogP contribution in [0.15, 0.2) is 60.1 Å². The lowest BCUT2D eigenvalue weighted by atomic mass is 9.75. The summed E-state index contributed by atoms with van der Waals surface area (Å²) in [5, 5.41) is 5.00. The first kappa shape index (κ1) is 23.6. The van der Waals surface area contributed by atoms with Crippen molar-refractivity contribution in [3.05, 3.63) is 87.9 Å². The largest absolute Gasteiger partial charge is 0.325 e. The minimum absolute atomic E-state index is 0.157. The molecule has 3 aromatic rings. The highest BCUT2D eigenvalue weighted by molar-refractivity contribution is 7.09. The van der Waals surface area contributed by atoms with Crippen molar-refractivity contribution in [3.8, 4) is 0 Å². The fraction of sp³-hybridized carbons (Fsp3) is 0.346. The number of hydrogen-bond donors (Lipinski definition) is 1. The Labute approximate surface area is 206 Å². The molecule has 6 nitrogen and oxygen atoms in total. The number of amides is 3. The van der Waals surface area contributed by atoms with Crippen molar-refractivity contribution in [2.75, 3.05) is 19.6 Å². The second-order valence-corrected chi connectivity index (χ2v) is 10.1. The van der Waals surface area contributed by atoms with Crippen LogP contribution in [0.2, 0.25) is 0 Å². The maximum atomic E-state index is 14.2. The molecule has 0 unspecified atom stereocenters. The summed E-state index contributed by atoms with van der Waals surface area (Å²) in [6.07, 6.45) is 3.50. The highest BCUT2D eigenvalue weighted by atomic mass is 32.1. The number of nitrogens with zero attached hydrogens (tertiary/aromatic N) is 3. The number of pyridine rings is 1. The number of nitrogens with one attached hydrogen (secondary N) is 1. The molecule has 0 saturated carbocycles. The van der Waals surface area contributed by atoms with Crippen LogP contribution in [0.4, 0.5) is 13.6 Å². The van der Waals surface area contributed by atoms with Crippen LogP contribution in [-0.4, -0.2) is 46.4 Å². The van der Waals surface area contributed by atoms with E-state index in [4.69, 9.17) is 0 Å². The summed E-state index contributed by atoms with van der Waals surface area (Å²) in [5.74, 6) is -1.58. The molecule has 0 bridgehead atoms. The van der Waals surface area contributed by atoms with Gasteiger partial charge < -0.3 is 5.32 Å². The number of thiophene rings is 1. The summed E-state index contributed by atoms with van der Waals surface area (Å²) < 4.78 is 27.4. The van der Waals surface area contributed by atoms with Gasteiger partial charge in [-0.25, -0.2) is 13.6 Å². The van der Waals surface area contributed by atoms with Crippen molar-refractivity contribution in [3.63, 3.8) is 0 Å². The maximum absolute atomic E-state index is 14.2. The van der Waals surface area contributed by atoms with Gasteiger partial charge in [0.15, 0.2) is 5.54 Å². The molecule has 1 atom stereocenters. The first-order chi connectivity index (χ1) is 17.0. The van der Waals surface area contributed by atoms with E-state index in [1.165, 1.54) is 17.0 Å². The molecule has 1 aromatic carbocycles. The number of carbonyl (C=O) groups excluding carboxylic acids is 2. The number of halogens is 2. The van der Waals surface area contributed by atoms with E-state index in [0.717, 1.165) is 10.9 Å². The lowest BCUT2D eigenvalue weighted by molar-refractivity contribution is -0.134. The van der Waals surface area contributed by atoms with Crippen LogP contribution in [0.5, 0.6) is 0 Å². The molecule has 2 saturated heterocycles. The third-order valence-electron chi connectivity index (χ3n) is 6.97. The van der Waals surface area contributed by atoms with Crippen molar-refractivity contribution < 1.29 is 18.4 Å². The molecule has 2 aromatic heterocycles. The van der Waals surface area contributed by atoms with Gasteiger partial charge in [0.1, 0.15) is 11.6 Å². The molecule has 2 fully saturated rings. The molecule has 2 aliphatic rings. The second-order valence-electron chi connectivity index (χ2n) is 9.03. The van der Waals surface area contributed by atoms with E-state index in [-0.39, 0.29) is 11.8 Å². The summed E-state index contributed by atoms with van der Waals surface area (Å²) in [5.41, 5.74) is -0.240. The maximum Gasteiger partial charge on any atom is 0.325 e. The van der Waals surface area contributed by atoms with Crippen molar-refractivity contribution in [1.82, 2.24) is 20.1 Å². The van der Waals surface area contributed by atoms with Crippen LogP contribution in [0.3, 0.4) is 0 Å². The summed E-state index contributed by atoms with van der Waals surface area (Å²) in [6.45, 7) is 1.91. The number of carbonyl (C=O) groups is 2. The minimum atomic E-state index is -1.22. The molecule has 5 rings (SSSR count). The van der Waals surface area contributed by atoms with E-state index >= 15 is 0 Å². The predicted molar refractivity (Wildman–Crippen MR) is 129 cm³/mol. The summed E-state index contributed by atoms with van der Waals surface area (Å²) in [6, 6.07) is 12.6. The highest BCUT2D eigenvalue weighted by Gasteiger charge is 2.57. The van der Waals surface area contributed by atoms with Gasteiger partial charge in [0.2, 0.25) is 0 Å². The Morgan fingerprint density at radius 3 is 2.60 bits per heavy atom. The normalized spacial score (nSPS) is 21.5. The number of rotatable bonds is 7. The highest BCUT2D eigenvalue weighted by Crippen LogP contribution is 2.41. The number of imide groups is 1. The van der Waals surface area contributed by atoms with Gasteiger partial charge in [-0.3, -0.25) is 19.6 Å². The Morgan fingerprint density at radius 1 is 1.09 bits per heavy atom. The Balaban J connectivity index is 1.34. The quantitative estimate of drug-likeness (QED) is 0.495. The topological polar surface area (TPSA) is 65.5 Å². The molecule has 35 heavy (non-hydrogen) atoms. The zero-order chi connectivity index (χ0) is 24.4. The van der Waals surface area contributed by atoms with Crippen molar-refractivity contribution in [2.45, 2.75) is 31.3 Å². The third-order valence-corrected chi connectivity index (χ3v) is 7.91. The average Bonchev–Trinajstić information content (AvgIpc) is 3.47. The number of hydrogen-bond acceptors (Lipinski definition) is 5. The first-order valence-electron chi connectivity index (χ1n) is 11.7. The van der Waals surface area contributed by atoms with E-state index in [1.807, 2.05) is 23.6 Å². The second kappa shape index (κ2) is 9.83. The molecule has 9 heteroatoms. The van der Waals surface area contributed by atoms with Gasteiger partial charge in [-0.2, -0.15) is 0 Å². The van der Waals surface area contributed by atoms with Gasteiger partial charge in [0.05, 0.1) is 5.69 Å². The van der Waals surface area contributed by atoms with E-state index in [0.29, 0.717) is 56.7 Å². The minimum Gasteiger partial charge on any atom is -0.318 e. The number of benzene rings is 1. The van der Waals surface area contributed by atoms with Crippen LogP contribution in [0, 0.1) is 17.6 Å². The molecule has 0 radical (unpaired) electrons. The molecule has 3 amide bonds. The molecule has 4 heterocycles. The Hall–Kier alpha value is -3.17.